The standard InChI is InChI=1S/C19H39NO/c1-5-6-7-10-13-16-21-19(17-20-18(2,3)4)14-11-8-9-12-15-19/h20H,5-17H2,1-4H3. The Labute approximate surface area is 133 Å². The summed E-state index contributed by atoms with van der Waals surface area (Å²) in [5, 5.41) is 3.70. The third-order valence-electron chi connectivity index (χ3n) is 4.61. The van der Waals surface area contributed by atoms with E-state index in [0.717, 1.165) is 13.2 Å². The van der Waals surface area contributed by atoms with Gasteiger partial charge in [-0.05, 0) is 40.0 Å². The van der Waals surface area contributed by atoms with Crippen LogP contribution in [0.15, 0.2) is 0 Å². The van der Waals surface area contributed by atoms with Crippen LogP contribution in [0.2, 0.25) is 0 Å². The second kappa shape index (κ2) is 9.84. The minimum Gasteiger partial charge on any atom is -0.374 e. The van der Waals surface area contributed by atoms with Crippen molar-refractivity contribution in [3.8, 4) is 0 Å². The van der Waals surface area contributed by atoms with Gasteiger partial charge in [-0.2, -0.15) is 0 Å². The number of hydrogen-bond acceptors (Lipinski definition) is 2. The highest BCUT2D eigenvalue weighted by Crippen LogP contribution is 2.31. The minimum atomic E-state index is 0.106. The molecule has 1 fully saturated rings. The predicted octanol–water partition coefficient (Wildman–Crippen LogP) is 5.45. The average Bonchev–Trinajstić information content (AvgIpc) is 2.66. The third kappa shape index (κ3) is 8.83. The fourth-order valence-corrected chi connectivity index (χ4v) is 3.17. The van der Waals surface area contributed by atoms with Crippen molar-refractivity contribution >= 4 is 0 Å². The maximum Gasteiger partial charge on any atom is 0.0806 e. The van der Waals surface area contributed by atoms with E-state index < -0.39 is 0 Å². The molecule has 2 heteroatoms. The summed E-state index contributed by atoms with van der Waals surface area (Å²) >= 11 is 0. The molecule has 0 heterocycles. The molecule has 21 heavy (non-hydrogen) atoms. The Hall–Kier alpha value is -0.0800. The molecule has 0 aliphatic heterocycles. The molecule has 1 rings (SSSR count). The summed E-state index contributed by atoms with van der Waals surface area (Å²) < 4.78 is 6.46. The number of rotatable bonds is 9. The maximum atomic E-state index is 6.46. The highest BCUT2D eigenvalue weighted by Gasteiger charge is 2.32. The van der Waals surface area contributed by atoms with Gasteiger partial charge in [0.05, 0.1) is 5.60 Å². The average molecular weight is 298 g/mol. The van der Waals surface area contributed by atoms with Crippen molar-refractivity contribution in [2.75, 3.05) is 13.2 Å². The quantitative estimate of drug-likeness (QED) is 0.451. The second-order valence-corrected chi connectivity index (χ2v) is 7.96. The van der Waals surface area contributed by atoms with Gasteiger partial charge in [0.2, 0.25) is 0 Å². The van der Waals surface area contributed by atoms with Gasteiger partial charge in [-0.1, -0.05) is 58.3 Å². The first-order valence-electron chi connectivity index (χ1n) is 9.36. The smallest absolute Gasteiger partial charge is 0.0806 e. The molecule has 0 amide bonds. The molecule has 0 saturated heterocycles. The van der Waals surface area contributed by atoms with E-state index in [1.54, 1.807) is 0 Å². The van der Waals surface area contributed by atoms with Crippen LogP contribution in [0.25, 0.3) is 0 Å². The molecule has 0 radical (unpaired) electrons. The first-order valence-corrected chi connectivity index (χ1v) is 9.36. The Morgan fingerprint density at radius 3 is 2.10 bits per heavy atom. The van der Waals surface area contributed by atoms with Gasteiger partial charge in [0.1, 0.15) is 0 Å². The topological polar surface area (TPSA) is 21.3 Å². The number of hydrogen-bond donors (Lipinski definition) is 1. The summed E-state index contributed by atoms with van der Waals surface area (Å²) in [7, 11) is 0. The van der Waals surface area contributed by atoms with Crippen LogP contribution in [-0.4, -0.2) is 24.3 Å². The fourth-order valence-electron chi connectivity index (χ4n) is 3.17. The van der Waals surface area contributed by atoms with Crippen LogP contribution in [-0.2, 0) is 4.74 Å². The summed E-state index contributed by atoms with van der Waals surface area (Å²) in [5.74, 6) is 0. The van der Waals surface area contributed by atoms with Gasteiger partial charge in [0, 0.05) is 18.7 Å². The molecule has 0 aromatic rings. The van der Waals surface area contributed by atoms with Gasteiger partial charge in [0.15, 0.2) is 0 Å². The van der Waals surface area contributed by atoms with Crippen LogP contribution in [0.4, 0.5) is 0 Å². The lowest BCUT2D eigenvalue weighted by atomic mass is 9.92. The molecule has 0 unspecified atom stereocenters. The first kappa shape index (κ1) is 19.0. The summed E-state index contributed by atoms with van der Waals surface area (Å²) in [6.07, 6.45) is 14.5. The lowest BCUT2D eigenvalue weighted by Crippen LogP contribution is -2.49. The van der Waals surface area contributed by atoms with Crippen molar-refractivity contribution in [3.63, 3.8) is 0 Å². The lowest BCUT2D eigenvalue weighted by molar-refractivity contribution is -0.0593. The van der Waals surface area contributed by atoms with Crippen LogP contribution in [0, 0.1) is 0 Å². The van der Waals surface area contributed by atoms with Gasteiger partial charge < -0.3 is 10.1 Å². The van der Waals surface area contributed by atoms with E-state index in [0.29, 0.717) is 0 Å². The molecule has 0 atom stereocenters. The monoisotopic (exact) mass is 297 g/mol. The van der Waals surface area contributed by atoms with Gasteiger partial charge in [-0.3, -0.25) is 0 Å². The zero-order valence-electron chi connectivity index (χ0n) is 15.1. The zero-order chi connectivity index (χ0) is 15.6. The lowest BCUT2D eigenvalue weighted by Gasteiger charge is -2.36. The van der Waals surface area contributed by atoms with Crippen molar-refractivity contribution in [1.82, 2.24) is 5.32 Å². The normalized spacial score (nSPS) is 19.4. The van der Waals surface area contributed by atoms with Crippen LogP contribution < -0.4 is 5.32 Å². The fraction of sp³-hybridized carbons (Fsp3) is 1.00. The van der Waals surface area contributed by atoms with Crippen LogP contribution >= 0.6 is 0 Å². The van der Waals surface area contributed by atoms with E-state index in [4.69, 9.17) is 4.74 Å². The van der Waals surface area contributed by atoms with Crippen molar-refractivity contribution in [2.45, 2.75) is 109 Å². The molecule has 2 nitrogen and oxygen atoms in total. The van der Waals surface area contributed by atoms with Crippen LogP contribution in [0.5, 0.6) is 0 Å². The SMILES string of the molecule is CCCCCCCOC1(CNC(C)(C)C)CCCCCC1. The van der Waals surface area contributed by atoms with E-state index in [-0.39, 0.29) is 11.1 Å². The molecule has 1 N–H and O–H groups in total. The molecule has 0 bridgehead atoms. The number of nitrogens with one attached hydrogen (secondary N) is 1. The molecule has 0 aromatic carbocycles. The van der Waals surface area contributed by atoms with Crippen molar-refractivity contribution in [1.29, 1.82) is 0 Å². The molecule has 1 saturated carbocycles. The highest BCUT2D eigenvalue weighted by atomic mass is 16.5. The Balaban J connectivity index is 2.39. The molecule has 0 spiro atoms. The molecule has 1 aliphatic rings. The highest BCUT2D eigenvalue weighted by molar-refractivity contribution is 4.88. The maximum absolute atomic E-state index is 6.46. The van der Waals surface area contributed by atoms with Crippen LogP contribution in [0.1, 0.15) is 98.3 Å². The molecular formula is C19H39NO. The third-order valence-corrected chi connectivity index (χ3v) is 4.61. The summed E-state index contributed by atoms with van der Waals surface area (Å²) in [6, 6.07) is 0. The molecule has 0 aromatic heterocycles. The van der Waals surface area contributed by atoms with E-state index in [2.05, 4.69) is 33.0 Å². The van der Waals surface area contributed by atoms with E-state index in [9.17, 15) is 0 Å². The Bertz CT molecular complexity index is 249. The number of ether oxygens (including phenoxy) is 1. The molecule has 126 valence electrons. The molecule has 1 aliphatic carbocycles. The second-order valence-electron chi connectivity index (χ2n) is 7.96. The number of unbranched alkanes of at least 4 members (excludes halogenated alkanes) is 4. The van der Waals surface area contributed by atoms with Crippen molar-refractivity contribution < 1.29 is 4.74 Å². The Kier molecular flexibility index (Phi) is 8.89. The van der Waals surface area contributed by atoms with E-state index >= 15 is 0 Å². The zero-order valence-corrected chi connectivity index (χ0v) is 15.1. The van der Waals surface area contributed by atoms with Crippen molar-refractivity contribution in [2.24, 2.45) is 0 Å². The summed E-state index contributed by atoms with van der Waals surface area (Å²) in [5.41, 5.74) is 0.290. The van der Waals surface area contributed by atoms with Gasteiger partial charge in [-0.25, -0.2) is 0 Å². The van der Waals surface area contributed by atoms with Gasteiger partial charge >= 0.3 is 0 Å². The minimum absolute atomic E-state index is 0.106. The largest absolute Gasteiger partial charge is 0.374 e. The van der Waals surface area contributed by atoms with Gasteiger partial charge in [0.25, 0.3) is 0 Å². The van der Waals surface area contributed by atoms with Crippen LogP contribution in [0.3, 0.4) is 0 Å². The van der Waals surface area contributed by atoms with Crippen molar-refractivity contribution in [3.05, 3.63) is 0 Å². The molecular weight excluding hydrogens is 258 g/mol. The Morgan fingerprint density at radius 2 is 1.52 bits per heavy atom. The Morgan fingerprint density at radius 1 is 0.905 bits per heavy atom. The van der Waals surface area contributed by atoms with E-state index in [1.807, 2.05) is 0 Å². The van der Waals surface area contributed by atoms with E-state index in [1.165, 1.54) is 70.6 Å². The van der Waals surface area contributed by atoms with Gasteiger partial charge in [-0.15, -0.1) is 0 Å². The summed E-state index contributed by atoms with van der Waals surface area (Å²) in [6.45, 7) is 11.0. The predicted molar refractivity (Wildman–Crippen MR) is 92.9 cm³/mol. The first-order chi connectivity index (χ1) is 9.97. The summed E-state index contributed by atoms with van der Waals surface area (Å²) in [4.78, 5) is 0.